The van der Waals surface area contributed by atoms with Crippen molar-refractivity contribution >= 4 is 0 Å². The zero-order chi connectivity index (χ0) is 8.74. The van der Waals surface area contributed by atoms with Gasteiger partial charge in [0.05, 0.1) is 13.1 Å². The van der Waals surface area contributed by atoms with Crippen LogP contribution in [0.1, 0.15) is 47.0 Å². The minimum absolute atomic E-state index is 0.579. The monoisotopic (exact) mass is 158 g/mol. The van der Waals surface area contributed by atoms with Crippen molar-refractivity contribution < 1.29 is 5.32 Å². The minimum Gasteiger partial charge on any atom is -0.346 e. The first-order valence-corrected chi connectivity index (χ1v) is 5.00. The van der Waals surface area contributed by atoms with Crippen LogP contribution < -0.4 is 5.32 Å². The average Bonchev–Trinajstić information content (AvgIpc) is 2.05. The van der Waals surface area contributed by atoms with Crippen LogP contribution in [0.5, 0.6) is 0 Å². The van der Waals surface area contributed by atoms with E-state index in [4.69, 9.17) is 0 Å². The molecule has 0 fully saturated rings. The van der Waals surface area contributed by atoms with Crippen LogP contribution in [0, 0.1) is 5.41 Å². The fourth-order valence-electron chi connectivity index (χ4n) is 1.19. The van der Waals surface area contributed by atoms with E-state index in [2.05, 4.69) is 33.0 Å². The average molecular weight is 158 g/mol. The summed E-state index contributed by atoms with van der Waals surface area (Å²) in [4.78, 5) is 0. The van der Waals surface area contributed by atoms with Crippen molar-refractivity contribution in [2.45, 2.75) is 47.0 Å². The second-order valence-corrected chi connectivity index (χ2v) is 3.80. The highest BCUT2D eigenvalue weighted by atomic mass is 14.9. The molecule has 0 atom stereocenters. The molecule has 0 aromatic heterocycles. The number of hydrogen-bond acceptors (Lipinski definition) is 0. The zero-order valence-corrected chi connectivity index (χ0v) is 8.61. The molecule has 0 saturated carbocycles. The van der Waals surface area contributed by atoms with Gasteiger partial charge in [-0.05, 0) is 19.3 Å². The smallest absolute Gasteiger partial charge is 0.0809 e. The molecular formula is C10H24N+. The molecule has 0 saturated heterocycles. The van der Waals surface area contributed by atoms with E-state index in [-0.39, 0.29) is 0 Å². The molecule has 0 bridgehead atoms. The summed E-state index contributed by atoms with van der Waals surface area (Å²) in [5, 5.41) is 2.45. The van der Waals surface area contributed by atoms with Crippen molar-refractivity contribution in [3.63, 3.8) is 0 Å². The van der Waals surface area contributed by atoms with E-state index in [1.165, 1.54) is 32.4 Å². The molecule has 1 heteroatoms. The molecule has 0 aromatic rings. The Morgan fingerprint density at radius 2 is 1.64 bits per heavy atom. The minimum atomic E-state index is 0.579. The molecule has 0 aliphatic rings. The van der Waals surface area contributed by atoms with E-state index < -0.39 is 0 Å². The Kier molecular flexibility index (Phi) is 5.57. The molecule has 0 radical (unpaired) electrons. The normalized spacial score (nSPS) is 12.0. The second-order valence-electron chi connectivity index (χ2n) is 3.80. The number of hydrogen-bond donors (Lipinski definition) is 1. The quantitative estimate of drug-likeness (QED) is 0.568. The highest BCUT2D eigenvalue weighted by molar-refractivity contribution is 4.67. The summed E-state index contributed by atoms with van der Waals surface area (Å²) >= 11 is 0. The van der Waals surface area contributed by atoms with E-state index in [9.17, 15) is 0 Å². The van der Waals surface area contributed by atoms with Gasteiger partial charge in [-0.1, -0.05) is 27.7 Å². The lowest BCUT2D eigenvalue weighted by Crippen LogP contribution is -2.86. The molecular weight excluding hydrogens is 134 g/mol. The van der Waals surface area contributed by atoms with Gasteiger partial charge in [0.25, 0.3) is 0 Å². The van der Waals surface area contributed by atoms with Crippen LogP contribution in [-0.4, -0.2) is 13.1 Å². The van der Waals surface area contributed by atoms with E-state index in [0.717, 1.165) is 0 Å². The van der Waals surface area contributed by atoms with Crippen molar-refractivity contribution in [3.8, 4) is 0 Å². The lowest BCUT2D eigenvalue weighted by molar-refractivity contribution is -0.666. The molecule has 1 nitrogen and oxygen atoms in total. The summed E-state index contributed by atoms with van der Waals surface area (Å²) < 4.78 is 0. The van der Waals surface area contributed by atoms with Gasteiger partial charge in [0, 0.05) is 5.41 Å². The van der Waals surface area contributed by atoms with Crippen LogP contribution in [0.15, 0.2) is 0 Å². The van der Waals surface area contributed by atoms with Crippen LogP contribution in [0.25, 0.3) is 0 Å². The molecule has 68 valence electrons. The van der Waals surface area contributed by atoms with Gasteiger partial charge in [-0.25, -0.2) is 0 Å². The molecule has 0 heterocycles. The van der Waals surface area contributed by atoms with Gasteiger partial charge < -0.3 is 5.32 Å². The summed E-state index contributed by atoms with van der Waals surface area (Å²) in [5.74, 6) is 0. The van der Waals surface area contributed by atoms with Gasteiger partial charge in [-0.2, -0.15) is 0 Å². The third kappa shape index (κ3) is 4.41. The molecule has 0 aliphatic heterocycles. The standard InChI is InChI=1S/C10H23N/c1-5-8-11-9-10(4,6-2)7-3/h11H,5-9H2,1-4H3/p+1. The van der Waals surface area contributed by atoms with E-state index in [1.54, 1.807) is 0 Å². The molecule has 0 aliphatic carbocycles. The first-order valence-electron chi connectivity index (χ1n) is 5.00. The fraction of sp³-hybridized carbons (Fsp3) is 1.00. The number of quaternary nitrogens is 1. The summed E-state index contributed by atoms with van der Waals surface area (Å²) in [5.41, 5.74) is 0.579. The van der Waals surface area contributed by atoms with E-state index in [0.29, 0.717) is 5.41 Å². The molecule has 2 N–H and O–H groups in total. The van der Waals surface area contributed by atoms with Crippen molar-refractivity contribution in [2.24, 2.45) is 5.41 Å². The Hall–Kier alpha value is -0.0400. The lowest BCUT2D eigenvalue weighted by Gasteiger charge is -2.24. The van der Waals surface area contributed by atoms with Crippen LogP contribution in [0.2, 0.25) is 0 Å². The van der Waals surface area contributed by atoms with Crippen molar-refractivity contribution in [2.75, 3.05) is 13.1 Å². The molecule has 0 aromatic carbocycles. The molecule has 11 heavy (non-hydrogen) atoms. The molecule has 0 amide bonds. The van der Waals surface area contributed by atoms with E-state index >= 15 is 0 Å². The van der Waals surface area contributed by atoms with Gasteiger partial charge in [-0.3, -0.25) is 0 Å². The molecule has 0 rings (SSSR count). The Morgan fingerprint density at radius 1 is 1.09 bits per heavy atom. The maximum Gasteiger partial charge on any atom is 0.0809 e. The molecule has 0 unspecified atom stereocenters. The number of rotatable bonds is 6. The highest BCUT2D eigenvalue weighted by Gasteiger charge is 2.20. The van der Waals surface area contributed by atoms with Crippen LogP contribution in [-0.2, 0) is 0 Å². The first kappa shape index (κ1) is 11.0. The van der Waals surface area contributed by atoms with Crippen LogP contribution in [0.4, 0.5) is 0 Å². The second kappa shape index (κ2) is 5.59. The zero-order valence-electron chi connectivity index (χ0n) is 8.61. The summed E-state index contributed by atoms with van der Waals surface area (Å²) in [6.45, 7) is 11.8. The third-order valence-electron chi connectivity index (χ3n) is 2.84. The fourth-order valence-corrected chi connectivity index (χ4v) is 1.19. The highest BCUT2D eigenvalue weighted by Crippen LogP contribution is 2.22. The summed E-state index contributed by atoms with van der Waals surface area (Å²) in [6, 6.07) is 0. The summed E-state index contributed by atoms with van der Waals surface area (Å²) in [7, 11) is 0. The Morgan fingerprint density at radius 3 is 2.00 bits per heavy atom. The SMILES string of the molecule is CCC[NH2+]CC(C)(CC)CC. The largest absolute Gasteiger partial charge is 0.346 e. The third-order valence-corrected chi connectivity index (χ3v) is 2.84. The first-order chi connectivity index (χ1) is 5.18. The van der Waals surface area contributed by atoms with Crippen molar-refractivity contribution in [3.05, 3.63) is 0 Å². The molecule has 0 spiro atoms. The lowest BCUT2D eigenvalue weighted by atomic mass is 9.85. The van der Waals surface area contributed by atoms with Crippen molar-refractivity contribution in [1.29, 1.82) is 0 Å². The van der Waals surface area contributed by atoms with Gasteiger partial charge >= 0.3 is 0 Å². The maximum absolute atomic E-state index is 2.45. The topological polar surface area (TPSA) is 16.6 Å². The van der Waals surface area contributed by atoms with Gasteiger partial charge in [0.1, 0.15) is 0 Å². The van der Waals surface area contributed by atoms with Crippen LogP contribution >= 0.6 is 0 Å². The van der Waals surface area contributed by atoms with Crippen LogP contribution in [0.3, 0.4) is 0 Å². The summed E-state index contributed by atoms with van der Waals surface area (Å²) in [6.07, 6.45) is 3.91. The Labute approximate surface area is 71.6 Å². The van der Waals surface area contributed by atoms with Gasteiger partial charge in [0.15, 0.2) is 0 Å². The van der Waals surface area contributed by atoms with E-state index in [1.807, 2.05) is 0 Å². The predicted octanol–water partition coefficient (Wildman–Crippen LogP) is 1.79. The van der Waals surface area contributed by atoms with Gasteiger partial charge in [-0.15, -0.1) is 0 Å². The van der Waals surface area contributed by atoms with Crippen molar-refractivity contribution in [1.82, 2.24) is 0 Å². The Bertz CT molecular complexity index is 84.9. The van der Waals surface area contributed by atoms with Gasteiger partial charge in [0.2, 0.25) is 0 Å². The maximum atomic E-state index is 2.45. The number of nitrogens with two attached hydrogens (primary N) is 1. The predicted molar refractivity (Wildman–Crippen MR) is 50.6 cm³/mol. The Balaban J connectivity index is 3.51.